The van der Waals surface area contributed by atoms with Crippen molar-refractivity contribution in [1.29, 1.82) is 0 Å². The van der Waals surface area contributed by atoms with E-state index < -0.39 is 16.0 Å². The number of fused-ring (bicyclic) bond motifs is 1. The molecule has 0 amide bonds. The molecule has 1 heterocycles. The first kappa shape index (κ1) is 20.3. The molecule has 152 valence electrons. The number of rotatable bonds is 6. The zero-order chi connectivity index (χ0) is 21.1. The topological polar surface area (TPSA) is 65.4 Å². The fourth-order valence-electron chi connectivity index (χ4n) is 3.22. The molecule has 0 saturated heterocycles. The molecular weight excluding hydrogens is 418 g/mol. The van der Waals surface area contributed by atoms with E-state index in [1.165, 1.54) is 22.7 Å². The van der Waals surface area contributed by atoms with Crippen LogP contribution in [-0.4, -0.2) is 18.4 Å². The van der Waals surface area contributed by atoms with Crippen LogP contribution in [-0.2, 0) is 26.2 Å². The fraction of sp³-hybridized carbons (Fsp3) is 0.0870. The van der Waals surface area contributed by atoms with Crippen molar-refractivity contribution < 1.29 is 17.9 Å². The van der Waals surface area contributed by atoms with E-state index in [1.807, 2.05) is 42.5 Å². The first-order chi connectivity index (χ1) is 14.5. The van der Waals surface area contributed by atoms with E-state index in [9.17, 15) is 13.2 Å². The Morgan fingerprint density at radius 1 is 0.900 bits per heavy atom. The molecule has 0 fully saturated rings. The molecule has 0 atom stereocenters. The number of para-hydroxylation sites is 1. The van der Waals surface area contributed by atoms with Crippen molar-refractivity contribution in [3.05, 3.63) is 90.6 Å². The lowest BCUT2D eigenvalue weighted by atomic mass is 10.2. The van der Waals surface area contributed by atoms with Gasteiger partial charge in [-0.2, -0.15) is 0 Å². The minimum atomic E-state index is -3.90. The minimum absolute atomic E-state index is 0.148. The van der Waals surface area contributed by atoms with Gasteiger partial charge in [-0.15, -0.1) is 0 Å². The molecule has 3 aromatic carbocycles. The second-order valence-electron chi connectivity index (χ2n) is 6.57. The molecule has 0 saturated carbocycles. The van der Waals surface area contributed by atoms with Crippen molar-refractivity contribution >= 4 is 38.7 Å². The van der Waals surface area contributed by atoms with Crippen LogP contribution in [0.3, 0.4) is 0 Å². The van der Waals surface area contributed by atoms with Crippen molar-refractivity contribution in [2.75, 3.05) is 0 Å². The van der Waals surface area contributed by atoms with Crippen LogP contribution in [0.15, 0.2) is 99.6 Å². The summed E-state index contributed by atoms with van der Waals surface area (Å²) < 4.78 is 33.8. The molecule has 7 heteroatoms. The predicted octanol–water partition coefficient (Wildman–Crippen LogP) is 5.09. The summed E-state index contributed by atoms with van der Waals surface area (Å²) in [6, 6.07) is 25.3. The van der Waals surface area contributed by atoms with Gasteiger partial charge in [0.05, 0.1) is 16.1 Å². The summed E-state index contributed by atoms with van der Waals surface area (Å²) in [5, 5.41) is 0.785. The van der Waals surface area contributed by atoms with Gasteiger partial charge in [-0.3, -0.25) is 4.79 Å². The van der Waals surface area contributed by atoms with Crippen LogP contribution in [0.1, 0.15) is 12.6 Å². The molecular formula is C23H19NO4S2. The number of hydrogen-bond acceptors (Lipinski definition) is 5. The second kappa shape index (κ2) is 8.38. The highest BCUT2D eigenvalue weighted by Crippen LogP contribution is 2.40. The highest BCUT2D eigenvalue weighted by atomic mass is 32.2. The summed E-state index contributed by atoms with van der Waals surface area (Å²) in [5.41, 5.74) is 0.964. The van der Waals surface area contributed by atoms with Gasteiger partial charge in [-0.25, -0.2) is 12.4 Å². The van der Waals surface area contributed by atoms with Gasteiger partial charge in [0.15, 0.2) is 0 Å². The van der Waals surface area contributed by atoms with Crippen molar-refractivity contribution in [2.24, 2.45) is 0 Å². The second-order valence-corrected chi connectivity index (χ2v) is 9.44. The number of esters is 1. The minimum Gasteiger partial charge on any atom is -0.459 e. The summed E-state index contributed by atoms with van der Waals surface area (Å²) in [6.07, 6.45) is 0. The van der Waals surface area contributed by atoms with Crippen molar-refractivity contribution in [2.45, 2.75) is 28.2 Å². The van der Waals surface area contributed by atoms with E-state index in [2.05, 4.69) is 0 Å². The number of nitrogens with zero attached hydrogens (tertiary/aromatic N) is 1. The molecule has 0 aliphatic rings. The summed E-state index contributed by atoms with van der Waals surface area (Å²) in [7, 11) is -3.90. The normalized spacial score (nSPS) is 11.5. The third kappa shape index (κ3) is 3.86. The van der Waals surface area contributed by atoms with E-state index in [-0.39, 0.29) is 11.5 Å². The number of benzene rings is 3. The van der Waals surface area contributed by atoms with E-state index in [0.29, 0.717) is 11.2 Å². The first-order valence-electron chi connectivity index (χ1n) is 9.27. The van der Waals surface area contributed by atoms with Crippen molar-refractivity contribution in [3.8, 4) is 0 Å². The van der Waals surface area contributed by atoms with Crippen molar-refractivity contribution in [3.63, 3.8) is 0 Å². The van der Waals surface area contributed by atoms with Gasteiger partial charge in [0.25, 0.3) is 10.0 Å². The standard InChI is InChI=1S/C23H19NO4S2/c1-17(25)28-16-22-23(29-18-10-4-2-5-11-18)20-14-8-9-15-21(20)24(22)30(26,27)19-12-6-3-7-13-19/h2-15H,16H2,1H3. The smallest absolute Gasteiger partial charge is 0.303 e. The summed E-state index contributed by atoms with van der Waals surface area (Å²) in [5.74, 6) is -0.473. The quantitative estimate of drug-likeness (QED) is 0.393. The highest BCUT2D eigenvalue weighted by Gasteiger charge is 2.27. The van der Waals surface area contributed by atoms with E-state index in [0.717, 1.165) is 15.2 Å². The Kier molecular flexibility index (Phi) is 5.65. The molecule has 0 aliphatic carbocycles. The van der Waals surface area contributed by atoms with Crippen molar-refractivity contribution in [1.82, 2.24) is 3.97 Å². The van der Waals surface area contributed by atoms with Gasteiger partial charge in [0.1, 0.15) is 6.61 Å². The van der Waals surface area contributed by atoms with E-state index in [4.69, 9.17) is 4.74 Å². The Morgan fingerprint density at radius 2 is 1.50 bits per heavy atom. The van der Waals surface area contributed by atoms with Crippen LogP contribution in [0.25, 0.3) is 10.9 Å². The maximum atomic E-state index is 13.6. The van der Waals surface area contributed by atoms with Crippen LogP contribution in [0, 0.1) is 0 Å². The third-order valence-electron chi connectivity index (χ3n) is 4.53. The number of hydrogen-bond donors (Lipinski definition) is 0. The maximum absolute atomic E-state index is 13.6. The SMILES string of the molecule is CC(=O)OCc1c(Sc2ccccc2)c2ccccc2n1S(=O)(=O)c1ccccc1. The lowest BCUT2D eigenvalue weighted by Crippen LogP contribution is -2.17. The number of aromatic nitrogens is 1. The van der Waals surface area contributed by atoms with E-state index >= 15 is 0 Å². The first-order valence-corrected chi connectivity index (χ1v) is 11.5. The Labute approximate surface area is 179 Å². The van der Waals surface area contributed by atoms with Gasteiger partial charge in [0.2, 0.25) is 0 Å². The number of ether oxygens (including phenoxy) is 1. The van der Waals surface area contributed by atoms with Crippen LogP contribution in [0.4, 0.5) is 0 Å². The van der Waals surface area contributed by atoms with Gasteiger partial charge in [-0.1, -0.05) is 66.4 Å². The molecule has 4 rings (SSSR count). The molecule has 0 bridgehead atoms. The fourth-order valence-corrected chi connectivity index (χ4v) is 5.92. The average molecular weight is 438 g/mol. The van der Waals surface area contributed by atoms with Gasteiger partial charge in [0, 0.05) is 22.1 Å². The van der Waals surface area contributed by atoms with Crippen LogP contribution in [0.2, 0.25) is 0 Å². The van der Waals surface area contributed by atoms with E-state index in [1.54, 1.807) is 42.5 Å². The molecule has 0 radical (unpaired) electrons. The zero-order valence-corrected chi connectivity index (χ0v) is 17.8. The zero-order valence-electron chi connectivity index (χ0n) is 16.2. The molecule has 30 heavy (non-hydrogen) atoms. The molecule has 0 spiro atoms. The molecule has 1 aromatic heterocycles. The maximum Gasteiger partial charge on any atom is 0.303 e. The predicted molar refractivity (Wildman–Crippen MR) is 117 cm³/mol. The molecule has 0 aliphatic heterocycles. The molecule has 0 N–H and O–H groups in total. The summed E-state index contributed by atoms with van der Waals surface area (Å²) in [4.78, 5) is 13.4. The largest absolute Gasteiger partial charge is 0.459 e. The molecule has 4 aromatic rings. The lowest BCUT2D eigenvalue weighted by Gasteiger charge is -2.13. The molecule has 5 nitrogen and oxygen atoms in total. The van der Waals surface area contributed by atoms with Crippen LogP contribution >= 0.6 is 11.8 Å². The monoisotopic (exact) mass is 437 g/mol. The summed E-state index contributed by atoms with van der Waals surface area (Å²) in [6.45, 7) is 1.16. The van der Waals surface area contributed by atoms with Gasteiger partial charge >= 0.3 is 5.97 Å². The Morgan fingerprint density at radius 3 is 2.17 bits per heavy atom. The summed E-state index contributed by atoms with van der Waals surface area (Å²) >= 11 is 1.45. The lowest BCUT2D eigenvalue weighted by molar-refractivity contribution is -0.142. The average Bonchev–Trinajstić information content (AvgIpc) is 3.07. The van der Waals surface area contributed by atoms with Gasteiger partial charge < -0.3 is 4.74 Å². The number of carbonyl (C=O) groups excluding carboxylic acids is 1. The van der Waals surface area contributed by atoms with Crippen LogP contribution in [0.5, 0.6) is 0 Å². The van der Waals surface area contributed by atoms with Crippen LogP contribution < -0.4 is 0 Å². The Hall–Kier alpha value is -3.03. The van der Waals surface area contributed by atoms with Gasteiger partial charge in [-0.05, 0) is 30.3 Å². The Balaban J connectivity index is 1.99. The number of carbonyl (C=O) groups is 1. The molecule has 0 unspecified atom stereocenters. The highest BCUT2D eigenvalue weighted by molar-refractivity contribution is 7.99. The Bertz CT molecular complexity index is 1300. The third-order valence-corrected chi connectivity index (χ3v) is 7.46.